The lowest BCUT2D eigenvalue weighted by atomic mass is 9.96. The maximum absolute atomic E-state index is 13.8. The summed E-state index contributed by atoms with van der Waals surface area (Å²) >= 11 is 1.70. The lowest BCUT2D eigenvalue weighted by Crippen LogP contribution is -2.29. The van der Waals surface area contributed by atoms with E-state index in [1.165, 1.54) is 0 Å². The predicted octanol–water partition coefficient (Wildman–Crippen LogP) is 6.15. The summed E-state index contributed by atoms with van der Waals surface area (Å²) in [5.74, 6) is 0.661. The number of nitrogens with one attached hydrogen (secondary N) is 1. The van der Waals surface area contributed by atoms with Gasteiger partial charge in [-0.1, -0.05) is 73.7 Å². The molecule has 1 N–H and O–H groups in total. The maximum Gasteiger partial charge on any atom is 0.252 e. The molecular weight excluding hydrogens is 431 g/mol. The number of carbonyl (C=O) groups is 1. The molecule has 5 heteroatoms. The van der Waals surface area contributed by atoms with E-state index in [0.717, 1.165) is 50.6 Å². The third kappa shape index (κ3) is 4.72. The fraction of sp³-hybridized carbons (Fsp3) is 0.185. The molecule has 0 aliphatic carbocycles. The molecular formula is C27H27N2OPS. The van der Waals surface area contributed by atoms with Gasteiger partial charge in [0.25, 0.3) is 5.91 Å². The molecule has 0 aliphatic heterocycles. The molecule has 0 saturated heterocycles. The maximum atomic E-state index is 13.8. The molecule has 0 aliphatic rings. The van der Waals surface area contributed by atoms with Crippen LogP contribution in [-0.4, -0.2) is 17.1 Å². The number of thioether (sulfide) groups is 1. The second-order valence-corrected chi connectivity index (χ2v) is 9.27. The summed E-state index contributed by atoms with van der Waals surface area (Å²) in [6.45, 7) is 2.10. The Labute approximate surface area is 196 Å². The minimum Gasteiger partial charge on any atom is -0.345 e. The Morgan fingerprint density at radius 3 is 2.50 bits per heavy atom. The van der Waals surface area contributed by atoms with Crippen LogP contribution in [0.5, 0.6) is 0 Å². The summed E-state index contributed by atoms with van der Waals surface area (Å²) in [7, 11) is 2.73. The molecule has 3 aromatic carbocycles. The molecule has 32 heavy (non-hydrogen) atoms. The van der Waals surface area contributed by atoms with Crippen molar-refractivity contribution in [3.05, 3.63) is 95.6 Å². The monoisotopic (exact) mass is 458 g/mol. The quantitative estimate of drug-likeness (QED) is 0.338. The van der Waals surface area contributed by atoms with Gasteiger partial charge < -0.3 is 5.32 Å². The number of pyridine rings is 1. The third-order valence-electron chi connectivity index (χ3n) is 5.58. The van der Waals surface area contributed by atoms with Crippen molar-refractivity contribution in [2.45, 2.75) is 25.1 Å². The molecule has 162 valence electrons. The number of carbonyl (C=O) groups excluding carboxylic acids is 1. The molecule has 1 heterocycles. The van der Waals surface area contributed by atoms with Crippen molar-refractivity contribution < 1.29 is 4.79 Å². The topological polar surface area (TPSA) is 42.0 Å². The van der Waals surface area contributed by atoms with E-state index in [-0.39, 0.29) is 11.9 Å². The Kier molecular flexibility index (Phi) is 7.24. The van der Waals surface area contributed by atoms with Gasteiger partial charge >= 0.3 is 0 Å². The fourth-order valence-electron chi connectivity index (χ4n) is 4.06. The zero-order valence-electron chi connectivity index (χ0n) is 18.3. The Morgan fingerprint density at radius 1 is 1.03 bits per heavy atom. The van der Waals surface area contributed by atoms with Gasteiger partial charge in [-0.2, -0.15) is 11.8 Å². The second-order valence-electron chi connectivity index (χ2n) is 7.73. The number of hydrogen-bond acceptors (Lipinski definition) is 3. The lowest BCUT2D eigenvalue weighted by molar-refractivity contribution is 0.0936. The van der Waals surface area contributed by atoms with Crippen LogP contribution < -0.4 is 10.6 Å². The van der Waals surface area contributed by atoms with Gasteiger partial charge in [0.15, 0.2) is 0 Å². The van der Waals surface area contributed by atoms with Crippen LogP contribution in [0.25, 0.3) is 22.2 Å². The first-order valence-corrected chi connectivity index (χ1v) is 12.7. The molecule has 0 bridgehead atoms. The van der Waals surface area contributed by atoms with Crippen molar-refractivity contribution in [1.82, 2.24) is 10.3 Å². The number of hydrogen-bond donors (Lipinski definition) is 1. The highest BCUT2D eigenvalue weighted by atomic mass is 32.2. The second kappa shape index (κ2) is 10.3. The van der Waals surface area contributed by atoms with Crippen LogP contribution in [0.1, 0.15) is 40.9 Å². The SMILES string of the molecule is CCC(NC(=O)c1c(CSC)c(-c2ccccc2)nc2ccccc12)c1cccc(P)c1. The molecule has 2 atom stereocenters. The number of nitrogens with zero attached hydrogens (tertiary/aromatic N) is 1. The molecule has 4 rings (SSSR count). The van der Waals surface area contributed by atoms with Crippen molar-refractivity contribution in [2.24, 2.45) is 0 Å². The van der Waals surface area contributed by atoms with Crippen molar-refractivity contribution >= 4 is 43.1 Å². The van der Waals surface area contributed by atoms with Gasteiger partial charge in [0.05, 0.1) is 22.8 Å². The summed E-state index contributed by atoms with van der Waals surface area (Å²) in [5, 5.41) is 5.31. The van der Waals surface area contributed by atoms with Crippen molar-refractivity contribution in [3.8, 4) is 11.3 Å². The summed E-state index contributed by atoms with van der Waals surface area (Å²) in [5.41, 5.74) is 5.56. The lowest BCUT2D eigenvalue weighted by Gasteiger charge is -2.21. The standard InChI is InChI=1S/C27H27N2OPS/c1-3-23(19-12-9-13-20(31)16-19)29-27(30)25-21-14-7-8-15-24(21)28-26(22(25)17-32-2)18-10-5-4-6-11-18/h4-16,23H,3,17,31H2,1-2H3,(H,29,30). The smallest absolute Gasteiger partial charge is 0.252 e. The number of fused-ring (bicyclic) bond motifs is 1. The first-order valence-electron chi connectivity index (χ1n) is 10.7. The number of aromatic nitrogens is 1. The van der Waals surface area contributed by atoms with E-state index in [1.807, 2.05) is 54.6 Å². The first kappa shape index (κ1) is 22.5. The molecule has 0 saturated carbocycles. The third-order valence-corrected chi connectivity index (χ3v) is 6.52. The normalized spacial score (nSPS) is 12.0. The van der Waals surface area contributed by atoms with E-state index >= 15 is 0 Å². The predicted molar refractivity (Wildman–Crippen MR) is 141 cm³/mol. The van der Waals surface area contributed by atoms with Gasteiger partial charge in [0.1, 0.15) is 0 Å². The molecule has 3 nitrogen and oxygen atoms in total. The molecule has 1 amide bonds. The van der Waals surface area contributed by atoms with E-state index in [4.69, 9.17) is 4.98 Å². The van der Waals surface area contributed by atoms with Crippen LogP contribution >= 0.6 is 21.0 Å². The van der Waals surface area contributed by atoms with Crippen LogP contribution in [0.3, 0.4) is 0 Å². The zero-order chi connectivity index (χ0) is 22.5. The summed E-state index contributed by atoms with van der Waals surface area (Å²) < 4.78 is 0. The van der Waals surface area contributed by atoms with Gasteiger partial charge in [-0.15, -0.1) is 9.24 Å². The summed E-state index contributed by atoms with van der Waals surface area (Å²) in [6, 6.07) is 26.3. The van der Waals surface area contributed by atoms with Gasteiger partial charge in [0, 0.05) is 22.3 Å². The van der Waals surface area contributed by atoms with E-state index in [1.54, 1.807) is 11.8 Å². The molecule has 2 unspecified atom stereocenters. The highest BCUT2D eigenvalue weighted by Crippen LogP contribution is 2.33. The average Bonchev–Trinajstić information content (AvgIpc) is 2.82. The molecule has 0 fully saturated rings. The van der Waals surface area contributed by atoms with Gasteiger partial charge in [-0.3, -0.25) is 4.79 Å². The van der Waals surface area contributed by atoms with E-state index in [0.29, 0.717) is 5.75 Å². The first-order chi connectivity index (χ1) is 15.6. The van der Waals surface area contributed by atoms with Crippen molar-refractivity contribution in [2.75, 3.05) is 6.26 Å². The molecule has 4 aromatic rings. The van der Waals surface area contributed by atoms with Gasteiger partial charge in [0.2, 0.25) is 0 Å². The van der Waals surface area contributed by atoms with Crippen molar-refractivity contribution in [1.29, 1.82) is 0 Å². The zero-order valence-corrected chi connectivity index (χ0v) is 20.3. The summed E-state index contributed by atoms with van der Waals surface area (Å²) in [6.07, 6.45) is 2.87. The van der Waals surface area contributed by atoms with Crippen molar-refractivity contribution in [3.63, 3.8) is 0 Å². The Hall–Kier alpha value is -2.68. The molecule has 0 radical (unpaired) electrons. The van der Waals surface area contributed by atoms with E-state index in [9.17, 15) is 4.79 Å². The number of benzene rings is 3. The van der Waals surface area contributed by atoms with Crippen LogP contribution in [0.2, 0.25) is 0 Å². The summed E-state index contributed by atoms with van der Waals surface area (Å²) in [4.78, 5) is 18.8. The van der Waals surface area contributed by atoms with E-state index in [2.05, 4.69) is 52.0 Å². The molecule has 1 aromatic heterocycles. The van der Waals surface area contributed by atoms with Crippen LogP contribution in [-0.2, 0) is 5.75 Å². The Morgan fingerprint density at radius 2 is 1.78 bits per heavy atom. The largest absolute Gasteiger partial charge is 0.345 e. The number of para-hydroxylation sites is 1. The average molecular weight is 459 g/mol. The Bertz CT molecular complexity index is 1240. The van der Waals surface area contributed by atoms with Gasteiger partial charge in [-0.25, -0.2) is 4.98 Å². The fourth-order valence-corrected chi connectivity index (χ4v) is 4.93. The minimum absolute atomic E-state index is 0.0501. The number of rotatable bonds is 7. The Balaban J connectivity index is 1.86. The van der Waals surface area contributed by atoms with Gasteiger partial charge in [-0.05, 0) is 35.7 Å². The molecule has 0 spiro atoms. The highest BCUT2D eigenvalue weighted by molar-refractivity contribution is 7.97. The van der Waals surface area contributed by atoms with Crippen LogP contribution in [0.4, 0.5) is 0 Å². The van der Waals surface area contributed by atoms with E-state index < -0.39 is 0 Å². The minimum atomic E-state index is -0.0581. The number of amides is 1. The van der Waals surface area contributed by atoms with Crippen LogP contribution in [0, 0.1) is 0 Å². The van der Waals surface area contributed by atoms with Crippen LogP contribution in [0.15, 0.2) is 78.9 Å². The highest BCUT2D eigenvalue weighted by Gasteiger charge is 2.23.